The number of H-pyrrole nitrogens is 2. The number of rotatable bonds is 11. The summed E-state index contributed by atoms with van der Waals surface area (Å²) in [6, 6.07) is 7.46. The van der Waals surface area contributed by atoms with E-state index in [1.807, 2.05) is 24.3 Å². The lowest BCUT2D eigenvalue weighted by atomic mass is 10.0. The van der Waals surface area contributed by atoms with E-state index in [4.69, 9.17) is 4.74 Å². The van der Waals surface area contributed by atoms with Gasteiger partial charge in [-0.3, -0.25) is 4.98 Å². The van der Waals surface area contributed by atoms with Crippen LogP contribution in [0.15, 0.2) is 29.1 Å². The molecule has 0 aliphatic carbocycles. The molecule has 8 nitrogen and oxygen atoms in total. The second kappa shape index (κ2) is 12.2. The zero-order valence-corrected chi connectivity index (χ0v) is 22.2. The van der Waals surface area contributed by atoms with Crippen LogP contribution in [0.3, 0.4) is 0 Å². The lowest BCUT2D eigenvalue weighted by molar-refractivity contribution is 0.191. The number of imidazole rings is 1. The van der Waals surface area contributed by atoms with E-state index in [0.29, 0.717) is 42.3 Å². The first kappa shape index (κ1) is 27.5. The van der Waals surface area contributed by atoms with E-state index in [2.05, 4.69) is 33.7 Å². The van der Waals surface area contributed by atoms with Gasteiger partial charge in [0.15, 0.2) is 15.5 Å². The summed E-state index contributed by atoms with van der Waals surface area (Å²) in [5, 5.41) is 0.675. The van der Waals surface area contributed by atoms with Crippen molar-refractivity contribution in [3.05, 3.63) is 34.7 Å². The van der Waals surface area contributed by atoms with Crippen LogP contribution in [0.25, 0.3) is 22.1 Å². The van der Waals surface area contributed by atoms with E-state index < -0.39 is 9.84 Å². The third-order valence-electron chi connectivity index (χ3n) is 7.07. The first-order chi connectivity index (χ1) is 16.4. The summed E-state index contributed by atoms with van der Waals surface area (Å²) in [7, 11) is -3.06. The van der Waals surface area contributed by atoms with Crippen LogP contribution in [0.2, 0.25) is 0 Å². The molecule has 3 heterocycles. The summed E-state index contributed by atoms with van der Waals surface area (Å²) in [6.45, 7) is 7.81. The summed E-state index contributed by atoms with van der Waals surface area (Å²) in [5.74, 6) is 1.65. The van der Waals surface area contributed by atoms with E-state index in [-0.39, 0.29) is 29.1 Å². The van der Waals surface area contributed by atoms with Gasteiger partial charge in [-0.2, -0.15) is 0 Å². The van der Waals surface area contributed by atoms with Crippen LogP contribution in [0, 0.1) is 5.92 Å². The Morgan fingerprint density at radius 1 is 1.11 bits per heavy atom. The number of piperidine rings is 1. The number of fused-ring (bicyclic) bond motifs is 2. The number of pyridine rings is 1. The highest BCUT2D eigenvalue weighted by atomic mass is 35.5. The van der Waals surface area contributed by atoms with Crippen molar-refractivity contribution >= 4 is 44.3 Å². The lowest BCUT2D eigenvalue weighted by Gasteiger charge is -2.33. The number of aromatic amines is 2. The molecule has 0 radical (unpaired) electrons. The molecule has 0 saturated carbocycles. The fourth-order valence-electron chi connectivity index (χ4n) is 4.82. The van der Waals surface area contributed by atoms with Crippen molar-refractivity contribution in [2.24, 2.45) is 5.92 Å². The summed E-state index contributed by atoms with van der Waals surface area (Å²) < 4.78 is 31.5. The molecule has 194 valence electrons. The maximum Gasteiger partial charge on any atom is 0.325 e. The van der Waals surface area contributed by atoms with Gasteiger partial charge in [0.1, 0.15) is 5.75 Å². The van der Waals surface area contributed by atoms with Crippen molar-refractivity contribution in [1.82, 2.24) is 19.9 Å². The Morgan fingerprint density at radius 2 is 1.86 bits per heavy atom. The van der Waals surface area contributed by atoms with Gasteiger partial charge in [0.25, 0.3) is 0 Å². The average Bonchev–Trinajstić information content (AvgIpc) is 3.19. The molecule has 0 spiro atoms. The van der Waals surface area contributed by atoms with E-state index in [1.54, 1.807) is 0 Å². The molecule has 35 heavy (non-hydrogen) atoms. The van der Waals surface area contributed by atoms with Crippen LogP contribution >= 0.6 is 12.4 Å². The first-order valence-electron chi connectivity index (χ1n) is 12.5. The summed E-state index contributed by atoms with van der Waals surface area (Å²) in [6.07, 6.45) is 5.17. The number of hydrogen-bond acceptors (Lipinski definition) is 6. The predicted molar refractivity (Wildman–Crippen MR) is 144 cm³/mol. The molecule has 1 saturated heterocycles. The molecule has 0 unspecified atom stereocenters. The lowest BCUT2D eigenvalue weighted by Crippen LogP contribution is -2.41. The number of sulfone groups is 1. The van der Waals surface area contributed by atoms with Gasteiger partial charge in [0.2, 0.25) is 0 Å². The minimum absolute atomic E-state index is 0. The summed E-state index contributed by atoms with van der Waals surface area (Å²) in [4.78, 5) is 23.7. The van der Waals surface area contributed by atoms with Crippen molar-refractivity contribution in [3.63, 3.8) is 0 Å². The largest absolute Gasteiger partial charge is 0.494 e. The third kappa shape index (κ3) is 6.98. The van der Waals surface area contributed by atoms with Gasteiger partial charge in [-0.05, 0) is 69.0 Å². The number of nitrogens with one attached hydrogen (secondary N) is 2. The van der Waals surface area contributed by atoms with Gasteiger partial charge in [0, 0.05) is 11.9 Å². The first-order valence-corrected chi connectivity index (χ1v) is 14.2. The van der Waals surface area contributed by atoms with Crippen LogP contribution in [0.5, 0.6) is 5.75 Å². The normalized spacial score (nSPS) is 15.6. The Bertz CT molecular complexity index is 1260. The zero-order chi connectivity index (χ0) is 24.1. The van der Waals surface area contributed by atoms with Gasteiger partial charge in [-0.1, -0.05) is 26.7 Å². The number of hydrogen-bond donors (Lipinski definition) is 2. The minimum atomic E-state index is -3.06. The van der Waals surface area contributed by atoms with Crippen molar-refractivity contribution in [1.29, 1.82) is 0 Å². The second-order valence-corrected chi connectivity index (χ2v) is 11.8. The SMILES string of the molecule is CCC(CC)CN1CCC(S(=O)(=O)CCCCOc2ccc3nc4[nH]c(=O)[nH]c4cc3c2)CC1.Cl. The Hall–Kier alpha value is -2.10. The van der Waals surface area contributed by atoms with Gasteiger partial charge in [-0.25, -0.2) is 18.2 Å². The van der Waals surface area contributed by atoms with Crippen LogP contribution in [-0.2, 0) is 9.84 Å². The van der Waals surface area contributed by atoms with Gasteiger partial charge >= 0.3 is 5.69 Å². The topological polar surface area (TPSA) is 108 Å². The highest BCUT2D eigenvalue weighted by Gasteiger charge is 2.29. The third-order valence-corrected chi connectivity index (χ3v) is 9.42. The summed E-state index contributed by atoms with van der Waals surface area (Å²) in [5.41, 5.74) is 1.67. The molecule has 1 aliphatic rings. The molecular formula is C25H37ClN4O4S. The predicted octanol–water partition coefficient (Wildman–Crippen LogP) is 4.30. The van der Waals surface area contributed by atoms with E-state index in [1.165, 1.54) is 12.8 Å². The Morgan fingerprint density at radius 3 is 2.57 bits per heavy atom. The molecule has 2 aromatic heterocycles. The number of benzene rings is 1. The minimum Gasteiger partial charge on any atom is -0.494 e. The molecule has 0 bridgehead atoms. The van der Waals surface area contributed by atoms with Crippen LogP contribution < -0.4 is 10.4 Å². The molecule has 1 aromatic carbocycles. The Kier molecular flexibility index (Phi) is 9.61. The van der Waals surface area contributed by atoms with Crippen LogP contribution in [0.1, 0.15) is 52.4 Å². The molecule has 0 atom stereocenters. The number of nitrogens with zero attached hydrogens (tertiary/aromatic N) is 2. The van der Waals surface area contributed by atoms with Crippen molar-refractivity contribution in [3.8, 4) is 5.75 Å². The Balaban J connectivity index is 0.00000342. The number of ether oxygens (including phenoxy) is 1. The smallest absolute Gasteiger partial charge is 0.325 e. The van der Waals surface area contributed by atoms with Gasteiger partial charge in [-0.15, -0.1) is 12.4 Å². The molecule has 4 rings (SSSR count). The van der Waals surface area contributed by atoms with E-state index in [0.717, 1.165) is 43.4 Å². The number of unbranched alkanes of at least 4 members (excludes halogenated alkanes) is 1. The molecule has 0 amide bonds. The molecule has 2 N–H and O–H groups in total. The van der Waals surface area contributed by atoms with Crippen LogP contribution in [0.4, 0.5) is 0 Å². The fraction of sp³-hybridized carbons (Fsp3) is 0.600. The van der Waals surface area contributed by atoms with Gasteiger partial charge < -0.3 is 14.6 Å². The van der Waals surface area contributed by atoms with Crippen molar-refractivity contribution < 1.29 is 13.2 Å². The molecule has 1 aliphatic heterocycles. The fourth-order valence-corrected chi connectivity index (χ4v) is 6.69. The highest BCUT2D eigenvalue weighted by molar-refractivity contribution is 7.92. The second-order valence-electron chi connectivity index (χ2n) is 9.42. The van der Waals surface area contributed by atoms with E-state index >= 15 is 0 Å². The average molecular weight is 525 g/mol. The van der Waals surface area contributed by atoms with Crippen molar-refractivity contribution in [2.45, 2.75) is 57.6 Å². The number of likely N-dealkylation sites (tertiary alicyclic amines) is 1. The quantitative estimate of drug-likeness (QED) is 0.362. The molecule has 1 fully saturated rings. The molecular weight excluding hydrogens is 488 g/mol. The summed E-state index contributed by atoms with van der Waals surface area (Å²) >= 11 is 0. The number of halogens is 1. The molecule has 3 aromatic rings. The van der Waals surface area contributed by atoms with Gasteiger partial charge in [0.05, 0.1) is 28.6 Å². The monoisotopic (exact) mass is 524 g/mol. The molecule has 10 heteroatoms. The maximum absolute atomic E-state index is 12.8. The van der Waals surface area contributed by atoms with Crippen molar-refractivity contribution in [2.75, 3.05) is 32.0 Å². The standard InChI is InChI=1S/C25H36N4O4S.ClH/c1-3-18(4-2)17-29-11-9-21(10-12-29)34(31,32)14-6-5-13-33-20-7-8-22-19(15-20)16-23-24(26-22)28-25(30)27-23;/h7-8,15-16,18,21H,3-6,9-14,17H2,1-2H3,(H2,26,27,28,30);1H. The highest BCUT2D eigenvalue weighted by Crippen LogP contribution is 2.23. The number of aromatic nitrogens is 3. The zero-order valence-electron chi connectivity index (χ0n) is 20.6. The van der Waals surface area contributed by atoms with Crippen LogP contribution in [-0.4, -0.2) is 65.5 Å². The Labute approximate surface area is 213 Å². The van der Waals surface area contributed by atoms with E-state index in [9.17, 15) is 13.2 Å². The maximum atomic E-state index is 12.8.